The predicted octanol–water partition coefficient (Wildman–Crippen LogP) is 0.574. The third kappa shape index (κ3) is 5.09. The van der Waals surface area contributed by atoms with Crippen LogP contribution in [0, 0.1) is 11.8 Å². The van der Waals surface area contributed by atoms with Crippen LogP contribution in [-0.2, 0) is 19.1 Å². The van der Waals surface area contributed by atoms with Crippen LogP contribution in [0.2, 0.25) is 0 Å². The maximum absolute atomic E-state index is 10.9. The first kappa shape index (κ1) is 16.9. The number of carbonyl (C=O) groups excluding carboxylic acids is 2. The molecule has 0 radical (unpaired) electrons. The molecule has 2 aliphatic carbocycles. The maximum Gasteiger partial charge on any atom is 0.308 e. The first-order chi connectivity index (χ1) is 9.47. The van der Waals surface area contributed by atoms with E-state index < -0.39 is 0 Å². The van der Waals surface area contributed by atoms with E-state index in [0.29, 0.717) is 0 Å². The van der Waals surface area contributed by atoms with Crippen molar-refractivity contribution < 1.29 is 19.1 Å². The highest BCUT2D eigenvalue weighted by atomic mass is 16.5. The number of methoxy groups -OCH3 is 2. The molecule has 0 spiro atoms. The zero-order chi connectivity index (χ0) is 15.1. The molecule has 0 aromatic carbocycles. The van der Waals surface area contributed by atoms with Gasteiger partial charge >= 0.3 is 11.9 Å². The van der Waals surface area contributed by atoms with Crippen molar-refractivity contribution in [3.63, 3.8) is 0 Å². The number of nitrogens with two attached hydrogens (primary N) is 2. The molecule has 0 heterocycles. The lowest BCUT2D eigenvalue weighted by molar-refractivity contribution is -0.146. The summed E-state index contributed by atoms with van der Waals surface area (Å²) in [6.45, 7) is 0. The summed E-state index contributed by atoms with van der Waals surface area (Å²) < 4.78 is 9.18. The lowest BCUT2D eigenvalue weighted by Gasteiger charge is -2.04. The van der Waals surface area contributed by atoms with Crippen LogP contribution in [0.3, 0.4) is 0 Å². The summed E-state index contributed by atoms with van der Waals surface area (Å²) in [6.07, 6.45) is 5.31. The second-order valence-electron chi connectivity index (χ2n) is 5.59. The van der Waals surface area contributed by atoms with Gasteiger partial charge in [-0.15, -0.1) is 0 Å². The number of hydrogen-bond donors (Lipinski definition) is 2. The second kappa shape index (κ2) is 8.21. The molecule has 2 fully saturated rings. The van der Waals surface area contributed by atoms with Crippen molar-refractivity contribution in [1.29, 1.82) is 0 Å². The zero-order valence-electron chi connectivity index (χ0n) is 12.3. The smallest absolute Gasteiger partial charge is 0.308 e. The molecule has 0 aromatic heterocycles. The SMILES string of the molecule is COC(=O)[C@@H]1CC[C@@H](N)C1.COC(=O)[C@H]1CC[C@H](N)C1. The Morgan fingerprint density at radius 2 is 1.15 bits per heavy atom. The van der Waals surface area contributed by atoms with Crippen LogP contribution in [0.1, 0.15) is 38.5 Å². The predicted molar refractivity (Wildman–Crippen MR) is 74.7 cm³/mol. The molecule has 0 saturated heterocycles. The largest absolute Gasteiger partial charge is 0.469 e. The van der Waals surface area contributed by atoms with E-state index in [1.807, 2.05) is 0 Å². The molecule has 116 valence electrons. The molecule has 0 aromatic rings. The third-order valence-electron chi connectivity index (χ3n) is 4.02. The average molecular weight is 286 g/mol. The van der Waals surface area contributed by atoms with Crippen molar-refractivity contribution in [2.75, 3.05) is 14.2 Å². The van der Waals surface area contributed by atoms with E-state index >= 15 is 0 Å². The van der Waals surface area contributed by atoms with E-state index in [1.165, 1.54) is 14.2 Å². The molecule has 0 bridgehead atoms. The molecule has 6 nitrogen and oxygen atoms in total. The van der Waals surface area contributed by atoms with Crippen molar-refractivity contribution in [3.8, 4) is 0 Å². The Bertz CT molecular complexity index is 303. The Morgan fingerprint density at radius 3 is 1.35 bits per heavy atom. The van der Waals surface area contributed by atoms with Crippen LogP contribution >= 0.6 is 0 Å². The van der Waals surface area contributed by atoms with Crippen LogP contribution in [0.5, 0.6) is 0 Å². The first-order valence-electron chi connectivity index (χ1n) is 7.14. The van der Waals surface area contributed by atoms with Gasteiger partial charge in [0.05, 0.1) is 26.1 Å². The van der Waals surface area contributed by atoms with E-state index in [1.54, 1.807) is 0 Å². The zero-order valence-corrected chi connectivity index (χ0v) is 12.3. The minimum atomic E-state index is -0.104. The molecule has 0 unspecified atom stereocenters. The molecule has 4 N–H and O–H groups in total. The number of ether oxygens (including phenoxy) is 2. The topological polar surface area (TPSA) is 105 Å². The summed E-state index contributed by atoms with van der Waals surface area (Å²) in [4.78, 5) is 21.8. The van der Waals surface area contributed by atoms with Crippen molar-refractivity contribution in [3.05, 3.63) is 0 Å². The van der Waals surface area contributed by atoms with E-state index in [-0.39, 0.29) is 35.9 Å². The average Bonchev–Trinajstić information content (AvgIpc) is 3.06. The van der Waals surface area contributed by atoms with Crippen LogP contribution in [0.4, 0.5) is 0 Å². The number of carbonyl (C=O) groups is 2. The van der Waals surface area contributed by atoms with Crippen LogP contribution in [0.25, 0.3) is 0 Å². The minimum Gasteiger partial charge on any atom is -0.469 e. The lowest BCUT2D eigenvalue weighted by Crippen LogP contribution is -2.18. The van der Waals surface area contributed by atoms with Gasteiger partial charge in [-0.3, -0.25) is 9.59 Å². The van der Waals surface area contributed by atoms with Gasteiger partial charge in [0.25, 0.3) is 0 Å². The van der Waals surface area contributed by atoms with Gasteiger partial charge in [0, 0.05) is 12.1 Å². The summed E-state index contributed by atoms with van der Waals surface area (Å²) in [5, 5.41) is 0. The van der Waals surface area contributed by atoms with Gasteiger partial charge in [-0.2, -0.15) is 0 Å². The molecule has 2 aliphatic rings. The fourth-order valence-corrected chi connectivity index (χ4v) is 2.79. The molecule has 2 rings (SSSR count). The molecular formula is C14H26N2O4. The van der Waals surface area contributed by atoms with Gasteiger partial charge in [0.15, 0.2) is 0 Å². The highest BCUT2D eigenvalue weighted by Crippen LogP contribution is 2.25. The monoisotopic (exact) mass is 286 g/mol. The Hall–Kier alpha value is -1.14. The molecule has 2 saturated carbocycles. The van der Waals surface area contributed by atoms with Crippen molar-refractivity contribution in [2.45, 2.75) is 50.6 Å². The van der Waals surface area contributed by atoms with Gasteiger partial charge in [0.2, 0.25) is 0 Å². The second-order valence-corrected chi connectivity index (χ2v) is 5.59. The molecule has 4 atom stereocenters. The van der Waals surface area contributed by atoms with E-state index in [4.69, 9.17) is 11.5 Å². The Morgan fingerprint density at radius 1 is 0.800 bits per heavy atom. The highest BCUT2D eigenvalue weighted by Gasteiger charge is 2.28. The summed E-state index contributed by atoms with van der Waals surface area (Å²) in [6, 6.07) is 0.424. The van der Waals surface area contributed by atoms with E-state index in [2.05, 4.69) is 9.47 Å². The molecule has 0 amide bonds. The molecule has 0 aliphatic heterocycles. The number of esters is 2. The van der Waals surface area contributed by atoms with Crippen LogP contribution < -0.4 is 11.5 Å². The third-order valence-corrected chi connectivity index (χ3v) is 4.02. The van der Waals surface area contributed by atoms with Crippen LogP contribution in [-0.4, -0.2) is 38.2 Å². The standard InChI is InChI=1S/2C7H13NO2/c2*1-10-7(9)5-2-3-6(8)4-5/h2*5-6H,2-4,8H2,1H3/t2*5-,6-/m10/s1. The van der Waals surface area contributed by atoms with Crippen molar-refractivity contribution >= 4 is 11.9 Å². The quantitative estimate of drug-likeness (QED) is 0.719. The number of hydrogen-bond acceptors (Lipinski definition) is 6. The van der Waals surface area contributed by atoms with Gasteiger partial charge in [-0.1, -0.05) is 0 Å². The summed E-state index contributed by atoms with van der Waals surface area (Å²) >= 11 is 0. The molecular weight excluding hydrogens is 260 g/mol. The van der Waals surface area contributed by atoms with Crippen LogP contribution in [0.15, 0.2) is 0 Å². The Balaban J connectivity index is 0.000000200. The normalized spacial score (nSPS) is 32.2. The summed E-state index contributed by atoms with van der Waals surface area (Å²) in [7, 11) is 2.85. The fraction of sp³-hybridized carbons (Fsp3) is 0.857. The fourth-order valence-electron chi connectivity index (χ4n) is 2.79. The van der Waals surface area contributed by atoms with Gasteiger partial charge < -0.3 is 20.9 Å². The Kier molecular flexibility index (Phi) is 6.95. The lowest BCUT2D eigenvalue weighted by atomic mass is 10.1. The van der Waals surface area contributed by atoms with E-state index in [0.717, 1.165) is 38.5 Å². The van der Waals surface area contributed by atoms with Crippen molar-refractivity contribution in [1.82, 2.24) is 0 Å². The van der Waals surface area contributed by atoms with Crippen molar-refractivity contribution in [2.24, 2.45) is 23.3 Å². The highest BCUT2D eigenvalue weighted by molar-refractivity contribution is 5.73. The Labute approximate surface area is 120 Å². The van der Waals surface area contributed by atoms with Gasteiger partial charge in [-0.25, -0.2) is 0 Å². The summed E-state index contributed by atoms with van der Waals surface area (Å²) in [5.74, 6) is -0.0686. The first-order valence-corrected chi connectivity index (χ1v) is 7.14. The van der Waals surface area contributed by atoms with E-state index in [9.17, 15) is 9.59 Å². The maximum atomic E-state index is 10.9. The number of rotatable bonds is 2. The summed E-state index contributed by atoms with van der Waals surface area (Å²) in [5.41, 5.74) is 11.2. The van der Waals surface area contributed by atoms with Gasteiger partial charge in [-0.05, 0) is 38.5 Å². The molecule has 20 heavy (non-hydrogen) atoms. The molecule has 6 heteroatoms. The van der Waals surface area contributed by atoms with Gasteiger partial charge in [0.1, 0.15) is 0 Å². The minimum absolute atomic E-state index is 0.0694.